The average Bonchev–Trinajstić information content (AvgIpc) is 2.88. The Labute approximate surface area is 165 Å². The number of methoxy groups -OCH3 is 1. The highest BCUT2D eigenvalue weighted by Gasteiger charge is 2.41. The minimum Gasteiger partial charge on any atom is -0.465 e. The van der Waals surface area contributed by atoms with Crippen molar-refractivity contribution in [1.29, 1.82) is 0 Å². The van der Waals surface area contributed by atoms with E-state index >= 15 is 0 Å². The molecule has 0 aromatic heterocycles. The molecule has 0 aliphatic carbocycles. The van der Waals surface area contributed by atoms with Crippen molar-refractivity contribution in [3.05, 3.63) is 52.6 Å². The molecule has 2 atom stereocenters. The number of benzene rings is 2. The van der Waals surface area contributed by atoms with Crippen molar-refractivity contribution in [3.8, 4) is 11.1 Å². The molecule has 5 rings (SSSR count). The number of fused-ring (bicyclic) bond motifs is 3. The lowest BCUT2D eigenvalue weighted by atomic mass is 9.87. The standard InChI is InChI=1S/C23H26N2O3/c1-14-9-15(23(26)27-2)3-4-18(14)16-10-17-13-28-8-7-25-21-5-6-24-12-20(21)19(11-16)22(17)25/h3-4,9-11,20-21,24H,5-8,12-13H2,1-2H3/t20-,21-/m0/s1. The van der Waals surface area contributed by atoms with Gasteiger partial charge >= 0.3 is 5.97 Å². The van der Waals surface area contributed by atoms with Gasteiger partial charge in [-0.2, -0.15) is 0 Å². The van der Waals surface area contributed by atoms with Crippen LogP contribution in [0.25, 0.3) is 11.1 Å². The first kappa shape index (κ1) is 17.7. The van der Waals surface area contributed by atoms with Crippen LogP contribution in [0.3, 0.4) is 0 Å². The highest BCUT2D eigenvalue weighted by atomic mass is 16.5. The molecule has 0 radical (unpaired) electrons. The zero-order valence-electron chi connectivity index (χ0n) is 16.5. The van der Waals surface area contributed by atoms with Gasteiger partial charge in [0.05, 0.1) is 25.9 Å². The Morgan fingerprint density at radius 2 is 2.18 bits per heavy atom. The zero-order valence-corrected chi connectivity index (χ0v) is 16.5. The van der Waals surface area contributed by atoms with Crippen LogP contribution in [0.2, 0.25) is 0 Å². The van der Waals surface area contributed by atoms with E-state index in [4.69, 9.17) is 9.47 Å². The van der Waals surface area contributed by atoms with Gasteiger partial charge in [-0.1, -0.05) is 6.07 Å². The third-order valence-corrected chi connectivity index (χ3v) is 6.44. The first-order valence-corrected chi connectivity index (χ1v) is 10.1. The second-order valence-electron chi connectivity index (χ2n) is 8.01. The molecule has 3 aliphatic heterocycles. The summed E-state index contributed by atoms with van der Waals surface area (Å²) in [4.78, 5) is 14.5. The van der Waals surface area contributed by atoms with Crippen molar-refractivity contribution in [2.75, 3.05) is 38.3 Å². The number of nitrogens with one attached hydrogen (secondary N) is 1. The lowest BCUT2D eigenvalue weighted by Crippen LogP contribution is -2.44. The molecule has 2 aromatic rings. The summed E-state index contributed by atoms with van der Waals surface area (Å²) < 4.78 is 10.8. The molecule has 0 spiro atoms. The van der Waals surface area contributed by atoms with Gasteiger partial charge in [-0.15, -0.1) is 0 Å². The average molecular weight is 378 g/mol. The summed E-state index contributed by atoms with van der Waals surface area (Å²) in [5.74, 6) is 0.241. The van der Waals surface area contributed by atoms with Crippen LogP contribution in [0.1, 0.15) is 39.4 Å². The molecule has 1 fully saturated rings. The summed E-state index contributed by atoms with van der Waals surface area (Å²) in [6.45, 7) is 6.61. The number of carbonyl (C=O) groups excluding carboxylic acids is 1. The van der Waals surface area contributed by atoms with Crippen LogP contribution < -0.4 is 10.2 Å². The Morgan fingerprint density at radius 3 is 3.00 bits per heavy atom. The number of esters is 1. The first-order valence-electron chi connectivity index (χ1n) is 10.1. The fraction of sp³-hybridized carbons (Fsp3) is 0.435. The lowest BCUT2D eigenvalue weighted by Gasteiger charge is -2.33. The summed E-state index contributed by atoms with van der Waals surface area (Å²) in [5.41, 5.74) is 8.19. The molecule has 146 valence electrons. The van der Waals surface area contributed by atoms with Gasteiger partial charge in [0, 0.05) is 36.3 Å². The predicted octanol–water partition coefficient (Wildman–Crippen LogP) is 3.24. The normalized spacial score (nSPS) is 23.0. The quantitative estimate of drug-likeness (QED) is 0.813. The monoisotopic (exact) mass is 378 g/mol. The largest absolute Gasteiger partial charge is 0.465 e. The van der Waals surface area contributed by atoms with Crippen LogP contribution >= 0.6 is 0 Å². The van der Waals surface area contributed by atoms with Gasteiger partial charge in [0.1, 0.15) is 0 Å². The minimum absolute atomic E-state index is 0.296. The number of nitrogens with zero attached hydrogens (tertiary/aromatic N) is 1. The van der Waals surface area contributed by atoms with E-state index in [2.05, 4.69) is 29.3 Å². The van der Waals surface area contributed by atoms with Gasteiger partial charge < -0.3 is 19.7 Å². The van der Waals surface area contributed by atoms with Crippen LogP contribution in [-0.2, 0) is 16.1 Å². The van der Waals surface area contributed by atoms with Crippen LogP contribution in [-0.4, -0.2) is 45.4 Å². The Hall–Kier alpha value is -2.37. The third kappa shape index (κ3) is 2.73. The van der Waals surface area contributed by atoms with E-state index in [1.54, 1.807) is 0 Å². The molecule has 0 saturated carbocycles. The Morgan fingerprint density at radius 1 is 1.29 bits per heavy atom. The molecule has 1 saturated heterocycles. The predicted molar refractivity (Wildman–Crippen MR) is 109 cm³/mol. The number of anilines is 1. The minimum atomic E-state index is -0.296. The number of hydrogen-bond acceptors (Lipinski definition) is 5. The van der Waals surface area contributed by atoms with Crippen LogP contribution in [0, 0.1) is 6.92 Å². The zero-order chi connectivity index (χ0) is 19.3. The number of aryl methyl sites for hydroxylation is 1. The molecule has 3 heterocycles. The van der Waals surface area contributed by atoms with Crippen molar-refractivity contribution >= 4 is 11.7 Å². The fourth-order valence-corrected chi connectivity index (χ4v) is 5.17. The van der Waals surface area contributed by atoms with E-state index < -0.39 is 0 Å². The smallest absolute Gasteiger partial charge is 0.337 e. The van der Waals surface area contributed by atoms with E-state index in [1.165, 1.54) is 35.9 Å². The summed E-state index contributed by atoms with van der Waals surface area (Å²) in [6, 6.07) is 11.0. The fourth-order valence-electron chi connectivity index (χ4n) is 5.17. The van der Waals surface area contributed by atoms with Crippen LogP contribution in [0.4, 0.5) is 5.69 Å². The van der Waals surface area contributed by atoms with Crippen molar-refractivity contribution < 1.29 is 14.3 Å². The number of carbonyl (C=O) groups is 1. The van der Waals surface area contributed by atoms with E-state index in [9.17, 15) is 4.79 Å². The van der Waals surface area contributed by atoms with Crippen molar-refractivity contribution in [1.82, 2.24) is 5.32 Å². The second kappa shape index (κ2) is 6.90. The topological polar surface area (TPSA) is 50.8 Å². The van der Waals surface area contributed by atoms with E-state index in [1.807, 2.05) is 18.2 Å². The lowest BCUT2D eigenvalue weighted by molar-refractivity contribution is 0.0600. The van der Waals surface area contributed by atoms with Gasteiger partial charge in [0.2, 0.25) is 0 Å². The Bertz CT molecular complexity index is 940. The molecule has 5 heteroatoms. The highest BCUT2D eigenvalue weighted by molar-refractivity contribution is 5.90. The number of rotatable bonds is 2. The molecule has 5 nitrogen and oxygen atoms in total. The molecule has 28 heavy (non-hydrogen) atoms. The van der Waals surface area contributed by atoms with Crippen LogP contribution in [0.15, 0.2) is 30.3 Å². The molecule has 1 N–H and O–H groups in total. The Kier molecular flexibility index (Phi) is 4.37. The Balaban J connectivity index is 1.62. The molecule has 2 aromatic carbocycles. The maximum absolute atomic E-state index is 11.9. The molecule has 0 unspecified atom stereocenters. The maximum atomic E-state index is 11.9. The second-order valence-corrected chi connectivity index (χ2v) is 8.01. The van der Waals surface area contributed by atoms with E-state index in [-0.39, 0.29) is 5.97 Å². The first-order chi connectivity index (χ1) is 13.7. The molecular weight excluding hydrogens is 352 g/mol. The summed E-state index contributed by atoms with van der Waals surface area (Å²) >= 11 is 0. The van der Waals surface area contributed by atoms with Gasteiger partial charge in [-0.05, 0) is 66.4 Å². The van der Waals surface area contributed by atoms with Crippen molar-refractivity contribution in [2.24, 2.45) is 0 Å². The van der Waals surface area contributed by atoms with Crippen LogP contribution in [0.5, 0.6) is 0 Å². The van der Waals surface area contributed by atoms with Gasteiger partial charge in [0.25, 0.3) is 0 Å². The summed E-state index contributed by atoms with van der Waals surface area (Å²) in [7, 11) is 1.42. The molecule has 0 amide bonds. The highest BCUT2D eigenvalue weighted by Crippen LogP contribution is 2.48. The van der Waals surface area contributed by atoms with Gasteiger partial charge in [-0.25, -0.2) is 4.79 Å². The molecule has 0 bridgehead atoms. The van der Waals surface area contributed by atoms with Gasteiger partial charge in [-0.3, -0.25) is 0 Å². The third-order valence-electron chi connectivity index (χ3n) is 6.44. The molecular formula is C23H26N2O3. The van der Waals surface area contributed by atoms with E-state index in [0.29, 0.717) is 24.1 Å². The summed E-state index contributed by atoms with van der Waals surface area (Å²) in [6.07, 6.45) is 1.18. The van der Waals surface area contributed by atoms with Crippen molar-refractivity contribution in [3.63, 3.8) is 0 Å². The molecule has 3 aliphatic rings. The number of hydrogen-bond donors (Lipinski definition) is 1. The summed E-state index contributed by atoms with van der Waals surface area (Å²) in [5, 5.41) is 3.58. The number of ether oxygens (including phenoxy) is 2. The maximum Gasteiger partial charge on any atom is 0.337 e. The van der Waals surface area contributed by atoms with Gasteiger partial charge in [0.15, 0.2) is 0 Å². The number of piperidine rings is 1. The SMILES string of the molecule is COC(=O)c1ccc(-c2cc3c4c(c2)[C@@H]2CNCC[C@@H]2N4CCOC3)c(C)c1. The van der Waals surface area contributed by atoms with E-state index in [0.717, 1.165) is 37.4 Å². The van der Waals surface area contributed by atoms with Crippen molar-refractivity contribution in [2.45, 2.75) is 31.9 Å².